The lowest BCUT2D eigenvalue weighted by atomic mass is 10.0. The van der Waals surface area contributed by atoms with Crippen LogP contribution in [-0.2, 0) is 12.8 Å². The fraction of sp³-hybridized carbons (Fsp3) is 0.188. The Hall–Kier alpha value is -2.29. The van der Waals surface area contributed by atoms with E-state index in [4.69, 9.17) is 11.5 Å². The van der Waals surface area contributed by atoms with Crippen molar-refractivity contribution in [2.75, 3.05) is 5.73 Å². The molecule has 0 bridgehead atoms. The minimum absolute atomic E-state index is 0.576. The zero-order valence-corrected chi connectivity index (χ0v) is 11.1. The Labute approximate surface area is 114 Å². The molecular formula is C16H19N3. The van der Waals surface area contributed by atoms with Crippen molar-refractivity contribution in [2.45, 2.75) is 19.8 Å². The van der Waals surface area contributed by atoms with E-state index >= 15 is 0 Å². The van der Waals surface area contributed by atoms with Gasteiger partial charge in [-0.3, -0.25) is 0 Å². The molecule has 98 valence electrons. The van der Waals surface area contributed by atoms with Gasteiger partial charge in [-0.05, 0) is 43.0 Å². The molecule has 0 aromatic heterocycles. The Kier molecular flexibility index (Phi) is 4.18. The van der Waals surface area contributed by atoms with Gasteiger partial charge in [0.15, 0.2) is 0 Å². The predicted molar refractivity (Wildman–Crippen MR) is 81.7 cm³/mol. The van der Waals surface area contributed by atoms with Crippen LogP contribution in [0.3, 0.4) is 0 Å². The molecule has 0 heterocycles. The van der Waals surface area contributed by atoms with Gasteiger partial charge in [0.05, 0.1) is 11.5 Å². The van der Waals surface area contributed by atoms with Crippen molar-refractivity contribution in [3.05, 3.63) is 59.7 Å². The van der Waals surface area contributed by atoms with Gasteiger partial charge < -0.3 is 11.5 Å². The van der Waals surface area contributed by atoms with Gasteiger partial charge in [-0.2, -0.15) is 0 Å². The topological polar surface area (TPSA) is 64.4 Å². The van der Waals surface area contributed by atoms with Gasteiger partial charge in [-0.25, -0.2) is 4.99 Å². The summed E-state index contributed by atoms with van der Waals surface area (Å²) >= 11 is 0. The number of para-hydroxylation sites is 2. The highest BCUT2D eigenvalue weighted by atomic mass is 14.8. The second kappa shape index (κ2) is 6.05. The summed E-state index contributed by atoms with van der Waals surface area (Å²) in [4.78, 5) is 4.36. The molecule has 0 saturated heterocycles. The molecule has 4 N–H and O–H groups in total. The van der Waals surface area contributed by atoms with E-state index in [-0.39, 0.29) is 0 Å². The lowest BCUT2D eigenvalue weighted by molar-refractivity contribution is 0.962. The summed E-state index contributed by atoms with van der Waals surface area (Å²) in [5.74, 6) is 0.576. The van der Waals surface area contributed by atoms with Crippen LogP contribution in [0.2, 0.25) is 0 Å². The minimum Gasteiger partial charge on any atom is -0.399 e. The van der Waals surface area contributed by atoms with Gasteiger partial charge in [0.1, 0.15) is 0 Å². The molecule has 0 fully saturated rings. The van der Waals surface area contributed by atoms with Crippen molar-refractivity contribution in [1.29, 1.82) is 0 Å². The van der Waals surface area contributed by atoms with Crippen LogP contribution in [0, 0.1) is 0 Å². The van der Waals surface area contributed by atoms with Gasteiger partial charge >= 0.3 is 0 Å². The van der Waals surface area contributed by atoms with Crippen LogP contribution in [0.5, 0.6) is 0 Å². The molecule has 0 aliphatic rings. The lowest BCUT2D eigenvalue weighted by Gasteiger charge is -2.08. The third-order valence-corrected chi connectivity index (χ3v) is 3.01. The van der Waals surface area contributed by atoms with Gasteiger partial charge in [-0.1, -0.05) is 36.4 Å². The summed E-state index contributed by atoms with van der Waals surface area (Å²) in [6, 6.07) is 16.0. The highest BCUT2D eigenvalue weighted by Gasteiger charge is 2.03. The molecule has 0 spiro atoms. The maximum atomic E-state index is 5.96. The number of rotatable bonds is 4. The average Bonchev–Trinajstić information content (AvgIpc) is 2.39. The number of nitrogens with two attached hydrogens (primary N) is 2. The Morgan fingerprint density at radius 2 is 1.53 bits per heavy atom. The first-order chi connectivity index (χ1) is 9.16. The predicted octanol–water partition coefficient (Wildman–Crippen LogP) is 3.06. The van der Waals surface area contributed by atoms with Gasteiger partial charge in [-0.15, -0.1) is 0 Å². The number of nitrogen functional groups attached to an aromatic ring is 1. The molecule has 0 radical (unpaired) electrons. The fourth-order valence-electron chi connectivity index (χ4n) is 2.05. The zero-order valence-electron chi connectivity index (χ0n) is 11.1. The number of hydrogen-bond donors (Lipinski definition) is 2. The molecule has 2 aromatic rings. The van der Waals surface area contributed by atoms with Crippen molar-refractivity contribution in [3.8, 4) is 0 Å². The van der Waals surface area contributed by atoms with E-state index in [2.05, 4.69) is 17.1 Å². The van der Waals surface area contributed by atoms with Crippen molar-refractivity contribution in [2.24, 2.45) is 10.7 Å². The molecule has 3 nitrogen and oxygen atoms in total. The maximum Gasteiger partial charge on any atom is 0.0965 e. The van der Waals surface area contributed by atoms with Crippen molar-refractivity contribution in [1.82, 2.24) is 0 Å². The number of nitrogens with zero attached hydrogens (tertiary/aromatic N) is 1. The van der Waals surface area contributed by atoms with E-state index in [1.807, 2.05) is 36.4 Å². The first-order valence-electron chi connectivity index (χ1n) is 6.39. The maximum absolute atomic E-state index is 5.96. The smallest absolute Gasteiger partial charge is 0.0965 e. The number of aliphatic imine (C=N–C) groups is 1. The molecule has 2 rings (SSSR count). The molecule has 2 aromatic carbocycles. The third-order valence-electron chi connectivity index (χ3n) is 3.01. The minimum atomic E-state index is 0.576. The van der Waals surface area contributed by atoms with Gasteiger partial charge in [0, 0.05) is 5.69 Å². The first kappa shape index (κ1) is 13.1. The third kappa shape index (κ3) is 3.58. The molecule has 3 heteroatoms. The molecule has 0 aliphatic carbocycles. The Morgan fingerprint density at radius 1 is 0.947 bits per heavy atom. The second-order valence-electron chi connectivity index (χ2n) is 4.58. The Bertz CT molecular complexity index is 584. The Balaban J connectivity index is 2.16. The standard InChI is InChI=1S/C16H19N3/c1-12(17)19-16-9-5-3-7-14(16)11-10-13-6-2-4-8-15(13)18/h2-9H,10-11,18H2,1H3,(H2,17,19). The highest BCUT2D eigenvalue weighted by Crippen LogP contribution is 2.22. The molecular weight excluding hydrogens is 234 g/mol. The summed E-state index contributed by atoms with van der Waals surface area (Å²) in [7, 11) is 0. The van der Waals surface area contributed by atoms with Crippen LogP contribution in [0.25, 0.3) is 0 Å². The fourth-order valence-corrected chi connectivity index (χ4v) is 2.05. The molecule has 19 heavy (non-hydrogen) atoms. The van der Waals surface area contributed by atoms with Crippen LogP contribution in [0.15, 0.2) is 53.5 Å². The van der Waals surface area contributed by atoms with Crippen molar-refractivity contribution in [3.63, 3.8) is 0 Å². The van der Waals surface area contributed by atoms with Crippen LogP contribution >= 0.6 is 0 Å². The van der Waals surface area contributed by atoms with Crippen LogP contribution in [-0.4, -0.2) is 5.84 Å². The first-order valence-corrected chi connectivity index (χ1v) is 6.39. The summed E-state index contributed by atoms with van der Waals surface area (Å²) in [5, 5.41) is 0. The Morgan fingerprint density at radius 3 is 2.21 bits per heavy atom. The summed E-state index contributed by atoms with van der Waals surface area (Å²) in [5.41, 5.74) is 15.8. The van der Waals surface area contributed by atoms with Crippen LogP contribution in [0.4, 0.5) is 11.4 Å². The number of amidine groups is 1. The number of aryl methyl sites for hydroxylation is 2. The van der Waals surface area contributed by atoms with E-state index in [0.717, 1.165) is 24.2 Å². The van der Waals surface area contributed by atoms with E-state index in [1.54, 1.807) is 6.92 Å². The molecule has 0 atom stereocenters. The van der Waals surface area contributed by atoms with Crippen molar-refractivity contribution < 1.29 is 0 Å². The average molecular weight is 253 g/mol. The normalized spacial score (nSPS) is 11.5. The second-order valence-corrected chi connectivity index (χ2v) is 4.58. The summed E-state index contributed by atoms with van der Waals surface area (Å²) in [6.45, 7) is 1.80. The molecule has 0 unspecified atom stereocenters. The van der Waals surface area contributed by atoms with Crippen molar-refractivity contribution >= 4 is 17.2 Å². The van der Waals surface area contributed by atoms with Gasteiger partial charge in [0.25, 0.3) is 0 Å². The van der Waals surface area contributed by atoms with Gasteiger partial charge in [0.2, 0.25) is 0 Å². The van der Waals surface area contributed by atoms with Crippen LogP contribution in [0.1, 0.15) is 18.1 Å². The largest absolute Gasteiger partial charge is 0.399 e. The van der Waals surface area contributed by atoms with E-state index in [0.29, 0.717) is 5.84 Å². The number of benzene rings is 2. The summed E-state index contributed by atoms with van der Waals surface area (Å²) < 4.78 is 0. The molecule has 0 amide bonds. The van der Waals surface area contributed by atoms with Crippen LogP contribution < -0.4 is 11.5 Å². The number of anilines is 1. The monoisotopic (exact) mass is 253 g/mol. The molecule has 0 saturated carbocycles. The quantitative estimate of drug-likeness (QED) is 0.499. The zero-order chi connectivity index (χ0) is 13.7. The van der Waals surface area contributed by atoms with E-state index in [1.165, 1.54) is 11.1 Å². The summed E-state index contributed by atoms with van der Waals surface area (Å²) in [6.07, 6.45) is 1.81. The highest BCUT2D eigenvalue weighted by molar-refractivity contribution is 5.81. The molecule has 0 aliphatic heterocycles. The number of hydrogen-bond acceptors (Lipinski definition) is 2. The SMILES string of the molecule is CC(N)=Nc1ccccc1CCc1ccccc1N. The lowest BCUT2D eigenvalue weighted by Crippen LogP contribution is -2.04. The van der Waals surface area contributed by atoms with E-state index < -0.39 is 0 Å². The van der Waals surface area contributed by atoms with E-state index in [9.17, 15) is 0 Å².